The number of amides is 1. The van der Waals surface area contributed by atoms with Gasteiger partial charge in [0.2, 0.25) is 0 Å². The summed E-state index contributed by atoms with van der Waals surface area (Å²) in [5, 5.41) is 0. The summed E-state index contributed by atoms with van der Waals surface area (Å²) in [4.78, 5) is 14.1. The third-order valence-electron chi connectivity index (χ3n) is 3.95. The van der Waals surface area contributed by atoms with Gasteiger partial charge in [-0.05, 0) is 36.5 Å². The number of carbonyl (C=O) groups is 1. The highest BCUT2D eigenvalue weighted by atomic mass is 19.1. The Kier molecular flexibility index (Phi) is 4.76. The highest BCUT2D eigenvalue weighted by molar-refractivity contribution is 5.94. The summed E-state index contributed by atoms with van der Waals surface area (Å²) in [6, 6.07) is 4.95. The van der Waals surface area contributed by atoms with E-state index in [-0.39, 0.29) is 23.4 Å². The number of hydrogen-bond acceptors (Lipinski definition) is 2. The molecular formula is C16H22FNO2. The normalized spacial score (nSPS) is 16.4. The number of halogens is 1. The van der Waals surface area contributed by atoms with Crippen LogP contribution in [0.5, 0.6) is 0 Å². The summed E-state index contributed by atoms with van der Waals surface area (Å²) in [7, 11) is 1.75. The van der Waals surface area contributed by atoms with Crippen molar-refractivity contribution < 1.29 is 13.9 Å². The van der Waals surface area contributed by atoms with Crippen molar-refractivity contribution in [2.24, 2.45) is 0 Å². The van der Waals surface area contributed by atoms with Gasteiger partial charge >= 0.3 is 0 Å². The molecule has 1 amide bonds. The number of ether oxygens (including phenoxy) is 1. The molecule has 0 spiro atoms. The van der Waals surface area contributed by atoms with Crippen LogP contribution in [0.3, 0.4) is 0 Å². The van der Waals surface area contributed by atoms with E-state index >= 15 is 0 Å². The topological polar surface area (TPSA) is 29.5 Å². The number of rotatable bonds is 3. The van der Waals surface area contributed by atoms with E-state index in [4.69, 9.17) is 4.74 Å². The zero-order chi connectivity index (χ0) is 14.7. The van der Waals surface area contributed by atoms with Gasteiger partial charge in [-0.3, -0.25) is 4.79 Å². The van der Waals surface area contributed by atoms with Gasteiger partial charge in [-0.2, -0.15) is 0 Å². The first-order chi connectivity index (χ1) is 9.50. The summed E-state index contributed by atoms with van der Waals surface area (Å²) < 4.78 is 19.2. The van der Waals surface area contributed by atoms with E-state index < -0.39 is 5.82 Å². The van der Waals surface area contributed by atoms with Crippen LogP contribution in [-0.2, 0) is 4.74 Å². The Bertz CT molecular complexity index is 481. The molecule has 1 fully saturated rings. The third-order valence-corrected chi connectivity index (χ3v) is 3.95. The van der Waals surface area contributed by atoms with E-state index in [0.29, 0.717) is 13.2 Å². The number of carbonyl (C=O) groups excluding carboxylic acids is 1. The predicted octanol–water partition coefficient (Wildman–Crippen LogP) is 3.20. The maximum absolute atomic E-state index is 13.9. The standard InChI is InChI=1S/C16H22FNO2/c1-11(2)12-4-5-15(17)14(10-12)16(19)18(3)13-6-8-20-9-7-13/h4-5,10-11,13H,6-9H2,1-3H3. The first kappa shape index (κ1) is 15.0. The van der Waals surface area contributed by atoms with Crippen LogP contribution in [0.2, 0.25) is 0 Å². The average molecular weight is 279 g/mol. The molecule has 0 atom stereocenters. The van der Waals surface area contributed by atoms with Gasteiger partial charge in [0.1, 0.15) is 5.82 Å². The second-order valence-corrected chi connectivity index (χ2v) is 5.65. The van der Waals surface area contributed by atoms with E-state index in [2.05, 4.69) is 0 Å². The molecule has 1 aromatic carbocycles. The van der Waals surface area contributed by atoms with Crippen molar-refractivity contribution in [2.75, 3.05) is 20.3 Å². The lowest BCUT2D eigenvalue weighted by molar-refractivity contribution is 0.0359. The van der Waals surface area contributed by atoms with Crippen molar-refractivity contribution >= 4 is 5.91 Å². The van der Waals surface area contributed by atoms with Gasteiger partial charge in [0.05, 0.1) is 5.56 Å². The second-order valence-electron chi connectivity index (χ2n) is 5.65. The van der Waals surface area contributed by atoms with Crippen LogP contribution in [0.4, 0.5) is 4.39 Å². The molecule has 0 unspecified atom stereocenters. The van der Waals surface area contributed by atoms with Crippen LogP contribution in [0, 0.1) is 5.82 Å². The van der Waals surface area contributed by atoms with Crippen LogP contribution >= 0.6 is 0 Å². The SMILES string of the molecule is CC(C)c1ccc(F)c(C(=O)N(C)C2CCOCC2)c1. The van der Waals surface area contributed by atoms with Gasteiger partial charge in [-0.1, -0.05) is 19.9 Å². The Morgan fingerprint density at radius 3 is 2.60 bits per heavy atom. The van der Waals surface area contributed by atoms with Crippen molar-refractivity contribution in [1.29, 1.82) is 0 Å². The maximum atomic E-state index is 13.9. The van der Waals surface area contributed by atoms with Gasteiger partial charge in [-0.15, -0.1) is 0 Å². The summed E-state index contributed by atoms with van der Waals surface area (Å²) in [6.45, 7) is 5.39. The molecule has 0 radical (unpaired) electrons. The van der Waals surface area contributed by atoms with Crippen molar-refractivity contribution in [3.05, 3.63) is 35.1 Å². The molecule has 1 aliphatic rings. The summed E-state index contributed by atoms with van der Waals surface area (Å²) in [5.41, 5.74) is 1.15. The smallest absolute Gasteiger partial charge is 0.256 e. The molecule has 110 valence electrons. The summed E-state index contributed by atoms with van der Waals surface area (Å²) in [5.74, 6) is -0.411. The predicted molar refractivity (Wildman–Crippen MR) is 76.4 cm³/mol. The molecule has 4 heteroatoms. The van der Waals surface area contributed by atoms with Crippen molar-refractivity contribution in [3.63, 3.8) is 0 Å². The van der Waals surface area contributed by atoms with Crippen molar-refractivity contribution in [2.45, 2.75) is 38.6 Å². The second kappa shape index (κ2) is 6.35. The highest BCUT2D eigenvalue weighted by Gasteiger charge is 2.25. The highest BCUT2D eigenvalue weighted by Crippen LogP contribution is 2.21. The largest absolute Gasteiger partial charge is 0.381 e. The molecule has 0 saturated carbocycles. The molecule has 0 aliphatic carbocycles. The van der Waals surface area contributed by atoms with Gasteiger partial charge in [-0.25, -0.2) is 4.39 Å². The van der Waals surface area contributed by atoms with Crippen LogP contribution in [0.15, 0.2) is 18.2 Å². The zero-order valence-corrected chi connectivity index (χ0v) is 12.4. The van der Waals surface area contributed by atoms with Gasteiger partial charge in [0.25, 0.3) is 5.91 Å². The molecule has 0 N–H and O–H groups in total. The Morgan fingerprint density at radius 1 is 1.35 bits per heavy atom. The average Bonchev–Trinajstić information content (AvgIpc) is 2.47. The minimum Gasteiger partial charge on any atom is -0.381 e. The Balaban J connectivity index is 2.21. The molecule has 1 heterocycles. The van der Waals surface area contributed by atoms with Crippen LogP contribution in [-0.4, -0.2) is 37.1 Å². The monoisotopic (exact) mass is 279 g/mol. The minimum absolute atomic E-state index is 0.137. The Hall–Kier alpha value is -1.42. The van der Waals surface area contributed by atoms with E-state index in [1.54, 1.807) is 24.1 Å². The quantitative estimate of drug-likeness (QED) is 0.850. The number of nitrogens with zero attached hydrogens (tertiary/aromatic N) is 1. The molecular weight excluding hydrogens is 257 g/mol. The fourth-order valence-corrected chi connectivity index (χ4v) is 2.49. The van der Waals surface area contributed by atoms with Gasteiger partial charge in [0, 0.05) is 26.3 Å². The van der Waals surface area contributed by atoms with E-state index in [0.717, 1.165) is 18.4 Å². The fraction of sp³-hybridized carbons (Fsp3) is 0.562. The van der Waals surface area contributed by atoms with Crippen LogP contribution < -0.4 is 0 Å². The molecule has 0 aromatic heterocycles. The minimum atomic E-state index is -0.446. The lowest BCUT2D eigenvalue weighted by Gasteiger charge is -2.31. The first-order valence-corrected chi connectivity index (χ1v) is 7.15. The Morgan fingerprint density at radius 2 is 2.00 bits per heavy atom. The molecule has 0 bridgehead atoms. The molecule has 2 rings (SSSR count). The van der Waals surface area contributed by atoms with E-state index in [1.807, 2.05) is 13.8 Å². The number of hydrogen-bond donors (Lipinski definition) is 0. The molecule has 3 nitrogen and oxygen atoms in total. The fourth-order valence-electron chi connectivity index (χ4n) is 2.49. The Labute approximate surface area is 119 Å². The van der Waals surface area contributed by atoms with E-state index in [9.17, 15) is 9.18 Å². The summed E-state index contributed by atoms with van der Waals surface area (Å²) in [6.07, 6.45) is 1.63. The van der Waals surface area contributed by atoms with Crippen LogP contribution in [0.1, 0.15) is 48.5 Å². The lowest BCUT2D eigenvalue weighted by Crippen LogP contribution is -2.41. The van der Waals surface area contributed by atoms with Gasteiger partial charge < -0.3 is 9.64 Å². The summed E-state index contributed by atoms with van der Waals surface area (Å²) >= 11 is 0. The van der Waals surface area contributed by atoms with Gasteiger partial charge in [0.15, 0.2) is 0 Å². The lowest BCUT2D eigenvalue weighted by atomic mass is 9.99. The zero-order valence-electron chi connectivity index (χ0n) is 12.4. The van der Waals surface area contributed by atoms with Crippen molar-refractivity contribution in [3.8, 4) is 0 Å². The van der Waals surface area contributed by atoms with Crippen LogP contribution in [0.25, 0.3) is 0 Å². The molecule has 1 aliphatic heterocycles. The number of benzene rings is 1. The molecule has 1 aromatic rings. The van der Waals surface area contributed by atoms with Crippen molar-refractivity contribution in [1.82, 2.24) is 4.90 Å². The third kappa shape index (κ3) is 3.18. The first-order valence-electron chi connectivity index (χ1n) is 7.15. The maximum Gasteiger partial charge on any atom is 0.256 e. The molecule has 20 heavy (non-hydrogen) atoms. The molecule has 1 saturated heterocycles. The van der Waals surface area contributed by atoms with E-state index in [1.165, 1.54) is 6.07 Å².